The summed E-state index contributed by atoms with van der Waals surface area (Å²) in [4.78, 5) is 8.54. The van der Waals surface area contributed by atoms with Crippen molar-refractivity contribution in [1.82, 2.24) is 14.5 Å². The number of pyridine rings is 1. The van der Waals surface area contributed by atoms with Crippen LogP contribution in [0.4, 0.5) is 4.39 Å². The smallest absolute Gasteiger partial charge is 0.143 e. The van der Waals surface area contributed by atoms with Gasteiger partial charge in [0.25, 0.3) is 0 Å². The Labute approximate surface area is 116 Å². The molecule has 1 aromatic carbocycles. The maximum absolute atomic E-state index is 13.3. The van der Waals surface area contributed by atoms with E-state index in [1.165, 1.54) is 23.4 Å². The average molecular weight is 270 g/mol. The molecule has 0 aliphatic rings. The fourth-order valence-electron chi connectivity index (χ4n) is 2.27. The van der Waals surface area contributed by atoms with Crippen molar-refractivity contribution in [3.8, 4) is 5.82 Å². The zero-order chi connectivity index (χ0) is 14.3. The number of aromatic nitrogens is 3. The molecule has 2 heterocycles. The summed E-state index contributed by atoms with van der Waals surface area (Å²) in [6, 6.07) is 5.50. The van der Waals surface area contributed by atoms with Gasteiger partial charge in [0.15, 0.2) is 0 Å². The van der Waals surface area contributed by atoms with E-state index >= 15 is 0 Å². The lowest BCUT2D eigenvalue weighted by atomic mass is 10.1. The van der Waals surface area contributed by atoms with Crippen LogP contribution in [0.2, 0.25) is 0 Å². The van der Waals surface area contributed by atoms with Crippen LogP contribution in [0.3, 0.4) is 0 Å². The van der Waals surface area contributed by atoms with Crippen molar-refractivity contribution in [2.75, 3.05) is 0 Å². The van der Waals surface area contributed by atoms with Gasteiger partial charge in [-0.1, -0.05) is 0 Å². The Hall–Kier alpha value is -2.27. The minimum atomic E-state index is -0.384. The zero-order valence-electron chi connectivity index (χ0n) is 11.4. The summed E-state index contributed by atoms with van der Waals surface area (Å²) >= 11 is 0. The molecule has 0 spiro atoms. The van der Waals surface area contributed by atoms with Crippen molar-refractivity contribution in [2.45, 2.75) is 20.4 Å². The molecule has 0 aliphatic heterocycles. The number of nitrogens with two attached hydrogens (primary N) is 1. The molecule has 3 aromatic rings. The molecule has 0 fully saturated rings. The SMILES string of the molecule is Cc1cc2ncn(-c3ncc(F)cc3CN)c2cc1C. The van der Waals surface area contributed by atoms with Gasteiger partial charge in [-0.25, -0.2) is 14.4 Å². The molecular formula is C15H15FN4. The first-order valence-electron chi connectivity index (χ1n) is 6.39. The molecule has 102 valence electrons. The molecule has 4 nitrogen and oxygen atoms in total. The van der Waals surface area contributed by atoms with E-state index in [4.69, 9.17) is 5.73 Å². The van der Waals surface area contributed by atoms with E-state index in [1.54, 1.807) is 6.33 Å². The Morgan fingerprint density at radius 2 is 1.90 bits per heavy atom. The Morgan fingerprint density at radius 1 is 1.15 bits per heavy atom. The molecule has 2 N–H and O–H groups in total. The number of benzene rings is 1. The zero-order valence-corrected chi connectivity index (χ0v) is 11.4. The molecular weight excluding hydrogens is 255 g/mol. The number of hydrogen-bond donors (Lipinski definition) is 1. The molecule has 0 bridgehead atoms. The molecule has 3 rings (SSSR count). The Morgan fingerprint density at radius 3 is 2.65 bits per heavy atom. The third-order valence-corrected chi connectivity index (χ3v) is 3.52. The summed E-state index contributed by atoms with van der Waals surface area (Å²) in [5, 5.41) is 0. The van der Waals surface area contributed by atoms with E-state index in [9.17, 15) is 4.39 Å². The lowest BCUT2D eigenvalue weighted by molar-refractivity contribution is 0.617. The van der Waals surface area contributed by atoms with Gasteiger partial charge in [-0.2, -0.15) is 0 Å². The number of nitrogens with zero attached hydrogens (tertiary/aromatic N) is 3. The van der Waals surface area contributed by atoms with Crippen LogP contribution in [-0.2, 0) is 6.54 Å². The maximum Gasteiger partial charge on any atom is 0.143 e. The van der Waals surface area contributed by atoms with Crippen LogP contribution in [0, 0.1) is 19.7 Å². The highest BCUT2D eigenvalue weighted by Crippen LogP contribution is 2.22. The van der Waals surface area contributed by atoms with Gasteiger partial charge in [-0.05, 0) is 43.2 Å². The molecule has 0 unspecified atom stereocenters. The molecule has 0 amide bonds. The summed E-state index contributed by atoms with van der Waals surface area (Å²) in [5.41, 5.74) is 10.5. The summed E-state index contributed by atoms with van der Waals surface area (Å²) < 4.78 is 15.1. The van der Waals surface area contributed by atoms with Gasteiger partial charge < -0.3 is 5.73 Å². The number of halogens is 1. The fraction of sp³-hybridized carbons (Fsp3) is 0.200. The maximum atomic E-state index is 13.3. The van der Waals surface area contributed by atoms with E-state index in [0.717, 1.165) is 11.0 Å². The Kier molecular flexibility index (Phi) is 2.99. The summed E-state index contributed by atoms with van der Waals surface area (Å²) in [6.45, 7) is 4.33. The second kappa shape index (κ2) is 4.68. The molecule has 0 radical (unpaired) electrons. The van der Waals surface area contributed by atoms with Gasteiger partial charge in [0.2, 0.25) is 0 Å². The predicted molar refractivity (Wildman–Crippen MR) is 76.2 cm³/mol. The molecule has 0 saturated heterocycles. The van der Waals surface area contributed by atoms with Crippen LogP contribution in [0.5, 0.6) is 0 Å². The Balaban J connectivity index is 2.27. The highest BCUT2D eigenvalue weighted by Gasteiger charge is 2.11. The monoisotopic (exact) mass is 270 g/mol. The second-order valence-corrected chi connectivity index (χ2v) is 4.88. The first kappa shape index (κ1) is 12.7. The standard InChI is InChI=1S/C15H15FN4/c1-9-3-13-14(4-10(9)2)20(8-19-13)15-11(6-17)5-12(16)7-18-15/h3-5,7-8H,6,17H2,1-2H3. The van der Waals surface area contributed by atoms with Crippen molar-refractivity contribution in [3.05, 3.63) is 53.2 Å². The van der Waals surface area contributed by atoms with Crippen molar-refractivity contribution < 1.29 is 4.39 Å². The number of rotatable bonds is 2. The molecule has 0 aliphatic carbocycles. The van der Waals surface area contributed by atoms with E-state index in [0.29, 0.717) is 11.4 Å². The largest absolute Gasteiger partial charge is 0.326 e. The summed E-state index contributed by atoms with van der Waals surface area (Å²) in [6.07, 6.45) is 2.89. The van der Waals surface area contributed by atoms with E-state index in [-0.39, 0.29) is 12.4 Å². The van der Waals surface area contributed by atoms with Crippen LogP contribution >= 0.6 is 0 Å². The quantitative estimate of drug-likeness (QED) is 0.778. The highest BCUT2D eigenvalue weighted by molar-refractivity contribution is 5.79. The van der Waals surface area contributed by atoms with E-state index in [1.807, 2.05) is 17.6 Å². The summed E-state index contributed by atoms with van der Waals surface area (Å²) in [5.74, 6) is 0.241. The van der Waals surface area contributed by atoms with Gasteiger partial charge in [0, 0.05) is 12.1 Å². The van der Waals surface area contributed by atoms with Gasteiger partial charge >= 0.3 is 0 Å². The third-order valence-electron chi connectivity index (χ3n) is 3.52. The molecule has 0 saturated carbocycles. The van der Waals surface area contributed by atoms with E-state index in [2.05, 4.69) is 23.0 Å². The van der Waals surface area contributed by atoms with Crippen LogP contribution in [0.15, 0.2) is 30.7 Å². The van der Waals surface area contributed by atoms with Gasteiger partial charge in [-0.3, -0.25) is 4.57 Å². The third kappa shape index (κ3) is 1.96. The molecule has 0 atom stereocenters. The van der Waals surface area contributed by atoms with Crippen molar-refractivity contribution in [1.29, 1.82) is 0 Å². The van der Waals surface area contributed by atoms with Gasteiger partial charge in [0.05, 0.1) is 17.2 Å². The van der Waals surface area contributed by atoms with Crippen molar-refractivity contribution in [2.24, 2.45) is 5.73 Å². The average Bonchev–Trinajstić information content (AvgIpc) is 2.82. The number of hydrogen-bond acceptors (Lipinski definition) is 3. The van der Waals surface area contributed by atoms with Gasteiger partial charge in [0.1, 0.15) is 18.0 Å². The first-order valence-corrected chi connectivity index (χ1v) is 6.39. The number of aryl methyl sites for hydroxylation is 2. The molecule has 5 heteroatoms. The normalized spacial score (nSPS) is 11.2. The van der Waals surface area contributed by atoms with Crippen molar-refractivity contribution >= 4 is 11.0 Å². The first-order chi connectivity index (χ1) is 9.60. The van der Waals surface area contributed by atoms with Crippen molar-refractivity contribution in [3.63, 3.8) is 0 Å². The Bertz CT molecular complexity index is 792. The lowest BCUT2D eigenvalue weighted by Gasteiger charge is -2.09. The topological polar surface area (TPSA) is 56.7 Å². The fourth-order valence-corrected chi connectivity index (χ4v) is 2.27. The number of fused-ring (bicyclic) bond motifs is 1. The number of imidazole rings is 1. The lowest BCUT2D eigenvalue weighted by Crippen LogP contribution is -2.07. The second-order valence-electron chi connectivity index (χ2n) is 4.88. The van der Waals surface area contributed by atoms with Crippen LogP contribution in [-0.4, -0.2) is 14.5 Å². The molecule has 20 heavy (non-hydrogen) atoms. The van der Waals surface area contributed by atoms with Crippen LogP contribution in [0.1, 0.15) is 16.7 Å². The summed E-state index contributed by atoms with van der Waals surface area (Å²) in [7, 11) is 0. The van der Waals surface area contributed by atoms with E-state index < -0.39 is 0 Å². The minimum Gasteiger partial charge on any atom is -0.326 e. The van der Waals surface area contributed by atoms with Crippen LogP contribution < -0.4 is 5.73 Å². The molecule has 2 aromatic heterocycles. The van der Waals surface area contributed by atoms with Gasteiger partial charge in [-0.15, -0.1) is 0 Å². The minimum absolute atomic E-state index is 0.227. The van der Waals surface area contributed by atoms with Crippen LogP contribution in [0.25, 0.3) is 16.9 Å². The predicted octanol–water partition coefficient (Wildman–Crippen LogP) is 2.64. The highest BCUT2D eigenvalue weighted by atomic mass is 19.1.